The molecule has 1 N–H and O–H groups in total. The summed E-state index contributed by atoms with van der Waals surface area (Å²) < 4.78 is 0.997. The van der Waals surface area contributed by atoms with Crippen LogP contribution in [0.2, 0.25) is 0 Å². The molecule has 134 valence electrons. The second-order valence-corrected chi connectivity index (χ2v) is 7.41. The maximum absolute atomic E-state index is 12.9. The lowest BCUT2D eigenvalue weighted by Gasteiger charge is -2.10. The van der Waals surface area contributed by atoms with Gasteiger partial charge in [-0.05, 0) is 24.3 Å². The average Bonchev–Trinajstić information content (AvgIpc) is 3.19. The van der Waals surface area contributed by atoms with Crippen molar-refractivity contribution in [3.63, 3.8) is 0 Å². The molecule has 0 saturated heterocycles. The summed E-state index contributed by atoms with van der Waals surface area (Å²) in [6.45, 7) is 0. The van der Waals surface area contributed by atoms with Crippen molar-refractivity contribution in [2.24, 2.45) is 0 Å². The fourth-order valence-corrected chi connectivity index (χ4v) is 4.04. The molecule has 0 bridgehead atoms. The maximum Gasteiger partial charge on any atom is 0.284 e. The van der Waals surface area contributed by atoms with Crippen molar-refractivity contribution in [3.05, 3.63) is 89.9 Å². The number of pyridine rings is 1. The summed E-state index contributed by atoms with van der Waals surface area (Å²) in [6, 6.07) is 27.4. The lowest BCUT2D eigenvalue weighted by Crippen LogP contribution is -2.12. The first-order valence-electron chi connectivity index (χ1n) is 8.90. The van der Waals surface area contributed by atoms with Crippen molar-refractivity contribution in [3.8, 4) is 11.3 Å². The van der Waals surface area contributed by atoms with Gasteiger partial charge in [-0.2, -0.15) is 0 Å². The third kappa shape index (κ3) is 3.02. The maximum atomic E-state index is 12.9. The average molecular weight is 381 g/mol. The van der Waals surface area contributed by atoms with Crippen LogP contribution in [0.25, 0.3) is 32.4 Å². The quantitative estimate of drug-likeness (QED) is 0.432. The molecule has 5 heteroatoms. The molecule has 0 aliphatic heterocycles. The van der Waals surface area contributed by atoms with Crippen LogP contribution in [0.4, 0.5) is 5.69 Å². The molecule has 0 aliphatic carbocycles. The van der Waals surface area contributed by atoms with Crippen molar-refractivity contribution >= 4 is 44.1 Å². The smallest absolute Gasteiger partial charge is 0.284 e. The first-order valence-corrected chi connectivity index (χ1v) is 9.72. The molecule has 0 aliphatic rings. The van der Waals surface area contributed by atoms with E-state index in [9.17, 15) is 4.79 Å². The van der Waals surface area contributed by atoms with Crippen molar-refractivity contribution in [1.82, 2.24) is 9.97 Å². The molecule has 0 saturated carbocycles. The van der Waals surface area contributed by atoms with Gasteiger partial charge in [-0.15, -0.1) is 11.3 Å². The summed E-state index contributed by atoms with van der Waals surface area (Å²) in [5.74, 6) is -0.212. The molecule has 2 aromatic heterocycles. The van der Waals surface area contributed by atoms with Crippen LogP contribution in [-0.4, -0.2) is 15.9 Å². The number of hydrogen-bond donors (Lipinski definition) is 1. The van der Waals surface area contributed by atoms with E-state index in [-0.39, 0.29) is 5.91 Å². The van der Waals surface area contributed by atoms with E-state index in [1.54, 1.807) is 0 Å². The summed E-state index contributed by atoms with van der Waals surface area (Å²) in [7, 11) is 0. The lowest BCUT2D eigenvalue weighted by atomic mass is 10.1. The van der Waals surface area contributed by atoms with Crippen LogP contribution in [0, 0.1) is 0 Å². The van der Waals surface area contributed by atoms with E-state index in [4.69, 9.17) is 4.98 Å². The van der Waals surface area contributed by atoms with Gasteiger partial charge in [0.1, 0.15) is 0 Å². The van der Waals surface area contributed by atoms with E-state index in [0.29, 0.717) is 5.01 Å². The van der Waals surface area contributed by atoms with Gasteiger partial charge < -0.3 is 5.32 Å². The summed E-state index contributed by atoms with van der Waals surface area (Å²) in [5.41, 5.74) is 4.22. The minimum Gasteiger partial charge on any atom is -0.319 e. The molecule has 0 atom stereocenters. The summed E-state index contributed by atoms with van der Waals surface area (Å²) >= 11 is 1.39. The second kappa shape index (κ2) is 6.87. The highest BCUT2D eigenvalue weighted by Crippen LogP contribution is 2.29. The van der Waals surface area contributed by atoms with Crippen molar-refractivity contribution in [2.75, 3.05) is 5.32 Å². The van der Waals surface area contributed by atoms with Gasteiger partial charge in [0.05, 0.1) is 27.1 Å². The molecule has 2 heterocycles. The Bertz CT molecular complexity index is 1280. The summed E-state index contributed by atoms with van der Waals surface area (Å²) in [4.78, 5) is 22.1. The molecule has 0 unspecified atom stereocenters. The van der Waals surface area contributed by atoms with Crippen LogP contribution in [0.3, 0.4) is 0 Å². The van der Waals surface area contributed by atoms with E-state index in [1.807, 2.05) is 84.9 Å². The molecular formula is C23H15N3OS. The van der Waals surface area contributed by atoms with Crippen molar-refractivity contribution < 1.29 is 4.79 Å². The van der Waals surface area contributed by atoms with Crippen LogP contribution >= 0.6 is 11.3 Å². The van der Waals surface area contributed by atoms with Gasteiger partial charge in [0, 0.05) is 10.9 Å². The zero-order chi connectivity index (χ0) is 18.9. The van der Waals surface area contributed by atoms with E-state index >= 15 is 0 Å². The Morgan fingerprint density at radius 2 is 1.50 bits per heavy atom. The van der Waals surface area contributed by atoms with Gasteiger partial charge >= 0.3 is 0 Å². The zero-order valence-electron chi connectivity index (χ0n) is 14.8. The number of carbonyl (C=O) groups excluding carboxylic acids is 1. The Balaban J connectivity index is 1.58. The highest BCUT2D eigenvalue weighted by Gasteiger charge is 2.15. The topological polar surface area (TPSA) is 54.9 Å². The number of rotatable bonds is 3. The van der Waals surface area contributed by atoms with E-state index in [2.05, 4.69) is 10.3 Å². The predicted octanol–water partition coefficient (Wildman–Crippen LogP) is 5.76. The Kier molecular flexibility index (Phi) is 4.07. The van der Waals surface area contributed by atoms with E-state index in [0.717, 1.165) is 38.1 Å². The number of nitrogens with one attached hydrogen (secondary N) is 1. The molecule has 5 aromatic rings. The van der Waals surface area contributed by atoms with Gasteiger partial charge in [-0.3, -0.25) is 4.79 Å². The van der Waals surface area contributed by atoms with Crippen LogP contribution < -0.4 is 5.32 Å². The minimum atomic E-state index is -0.212. The van der Waals surface area contributed by atoms with Gasteiger partial charge in [0.2, 0.25) is 0 Å². The Morgan fingerprint density at radius 1 is 0.786 bits per heavy atom. The number of fused-ring (bicyclic) bond motifs is 2. The number of anilines is 1. The predicted molar refractivity (Wildman–Crippen MR) is 115 cm³/mol. The third-order valence-corrected chi connectivity index (χ3v) is 5.56. The standard InChI is InChI=1S/C23H15N3OS/c27-22(23-26-18-12-6-7-13-21(18)28-23)25-20-14-19(15-8-2-1-3-9-15)24-17-11-5-4-10-16(17)20/h1-14H,(H,24,25,27). The molecule has 0 fully saturated rings. The number of nitrogens with zero attached hydrogens (tertiary/aromatic N) is 2. The molecule has 4 nitrogen and oxygen atoms in total. The molecular weight excluding hydrogens is 366 g/mol. The zero-order valence-corrected chi connectivity index (χ0v) is 15.6. The van der Waals surface area contributed by atoms with Gasteiger partial charge in [0.15, 0.2) is 5.01 Å². The summed E-state index contributed by atoms with van der Waals surface area (Å²) in [5, 5.41) is 4.39. The molecule has 5 rings (SSSR count). The van der Waals surface area contributed by atoms with Gasteiger partial charge in [-0.1, -0.05) is 60.7 Å². The van der Waals surface area contributed by atoms with Crippen LogP contribution in [0.1, 0.15) is 9.80 Å². The number of para-hydroxylation sites is 2. The first-order chi connectivity index (χ1) is 13.8. The molecule has 0 spiro atoms. The molecule has 0 radical (unpaired) electrons. The Hall–Kier alpha value is -3.57. The minimum absolute atomic E-state index is 0.212. The van der Waals surface area contributed by atoms with Gasteiger partial charge in [0.25, 0.3) is 5.91 Å². The first kappa shape index (κ1) is 16.6. The number of hydrogen-bond acceptors (Lipinski definition) is 4. The SMILES string of the molecule is O=C(Nc1cc(-c2ccccc2)nc2ccccc12)c1nc2ccccc2s1. The largest absolute Gasteiger partial charge is 0.319 e. The third-order valence-electron chi connectivity index (χ3n) is 4.52. The monoisotopic (exact) mass is 381 g/mol. The highest BCUT2D eigenvalue weighted by molar-refractivity contribution is 7.20. The van der Waals surface area contributed by atoms with E-state index < -0.39 is 0 Å². The van der Waals surface area contributed by atoms with Crippen LogP contribution in [0.5, 0.6) is 0 Å². The number of aromatic nitrogens is 2. The Morgan fingerprint density at radius 3 is 2.32 bits per heavy atom. The normalized spacial score (nSPS) is 11.0. The summed E-state index contributed by atoms with van der Waals surface area (Å²) in [6.07, 6.45) is 0. The number of amides is 1. The number of carbonyl (C=O) groups is 1. The second-order valence-electron chi connectivity index (χ2n) is 6.38. The molecule has 3 aromatic carbocycles. The number of benzene rings is 3. The Labute approximate surface area is 165 Å². The highest BCUT2D eigenvalue weighted by atomic mass is 32.1. The molecule has 1 amide bonds. The van der Waals surface area contributed by atoms with E-state index in [1.165, 1.54) is 11.3 Å². The van der Waals surface area contributed by atoms with Crippen LogP contribution in [-0.2, 0) is 0 Å². The number of thiazole rings is 1. The van der Waals surface area contributed by atoms with Crippen molar-refractivity contribution in [1.29, 1.82) is 0 Å². The lowest BCUT2D eigenvalue weighted by molar-refractivity contribution is 0.102. The fourth-order valence-electron chi connectivity index (χ4n) is 3.18. The fraction of sp³-hybridized carbons (Fsp3) is 0. The van der Waals surface area contributed by atoms with Crippen LogP contribution in [0.15, 0.2) is 84.9 Å². The molecule has 28 heavy (non-hydrogen) atoms. The van der Waals surface area contributed by atoms with Gasteiger partial charge in [-0.25, -0.2) is 9.97 Å². The van der Waals surface area contributed by atoms with Crippen molar-refractivity contribution in [2.45, 2.75) is 0 Å².